The average Bonchev–Trinajstić information content (AvgIpc) is 3.25. The fourth-order valence-electron chi connectivity index (χ4n) is 2.90. The molecule has 1 aromatic heterocycles. The van der Waals surface area contributed by atoms with Crippen LogP contribution in [0.25, 0.3) is 0 Å². The quantitative estimate of drug-likeness (QED) is 0.448. The van der Waals surface area contributed by atoms with Gasteiger partial charge >= 0.3 is 0 Å². The van der Waals surface area contributed by atoms with E-state index in [1.807, 2.05) is 41.8 Å². The molecule has 3 rings (SSSR count). The Morgan fingerprint density at radius 1 is 1.07 bits per heavy atom. The van der Waals surface area contributed by atoms with E-state index in [0.29, 0.717) is 27.9 Å². The van der Waals surface area contributed by atoms with Crippen molar-refractivity contribution >= 4 is 39.1 Å². The first-order chi connectivity index (χ1) is 14.0. The van der Waals surface area contributed by atoms with E-state index in [1.54, 1.807) is 18.2 Å². The van der Waals surface area contributed by atoms with Crippen LogP contribution in [0.5, 0.6) is 0 Å². The first-order valence-corrected chi connectivity index (χ1v) is 10.8. The standard InChI is InChI=1S/C22H20BrFN2O2S/c23-16-10-11-17(18(24)14-16)21(15-6-2-1-3-7-15)26-20(27)9-4-12-25-22(28)19-8-5-13-29-19/h1-3,5-8,10-11,13-14,21H,4,9,12H2,(H,25,28)(H,26,27). The second-order valence-electron chi connectivity index (χ2n) is 6.41. The Morgan fingerprint density at radius 3 is 2.55 bits per heavy atom. The molecule has 2 aromatic carbocycles. The van der Waals surface area contributed by atoms with Gasteiger partial charge in [0.15, 0.2) is 0 Å². The van der Waals surface area contributed by atoms with Crippen LogP contribution in [-0.4, -0.2) is 18.4 Å². The van der Waals surface area contributed by atoms with Crippen molar-refractivity contribution in [1.82, 2.24) is 10.6 Å². The third-order valence-electron chi connectivity index (χ3n) is 4.32. The van der Waals surface area contributed by atoms with Gasteiger partial charge in [0.2, 0.25) is 5.91 Å². The van der Waals surface area contributed by atoms with Crippen LogP contribution < -0.4 is 10.6 Å². The monoisotopic (exact) mass is 474 g/mol. The van der Waals surface area contributed by atoms with Gasteiger partial charge in [-0.3, -0.25) is 9.59 Å². The van der Waals surface area contributed by atoms with Crippen LogP contribution in [0.4, 0.5) is 4.39 Å². The Hall–Kier alpha value is -2.51. The van der Waals surface area contributed by atoms with E-state index in [0.717, 1.165) is 5.56 Å². The fraction of sp³-hybridized carbons (Fsp3) is 0.182. The van der Waals surface area contributed by atoms with Crippen molar-refractivity contribution in [2.75, 3.05) is 6.54 Å². The minimum absolute atomic E-state index is 0.139. The Bertz CT molecular complexity index is 964. The highest BCUT2D eigenvalue weighted by atomic mass is 79.9. The molecule has 29 heavy (non-hydrogen) atoms. The number of thiophene rings is 1. The van der Waals surface area contributed by atoms with Gasteiger partial charge in [-0.05, 0) is 35.6 Å². The molecule has 150 valence electrons. The van der Waals surface area contributed by atoms with Crippen molar-refractivity contribution in [3.8, 4) is 0 Å². The topological polar surface area (TPSA) is 58.2 Å². The lowest BCUT2D eigenvalue weighted by Crippen LogP contribution is -2.31. The van der Waals surface area contributed by atoms with Crippen LogP contribution in [0.1, 0.15) is 39.7 Å². The molecule has 0 bridgehead atoms. The number of halogens is 2. The highest BCUT2D eigenvalue weighted by Crippen LogP contribution is 2.26. The molecule has 0 fully saturated rings. The Balaban J connectivity index is 1.60. The zero-order chi connectivity index (χ0) is 20.6. The molecule has 0 spiro atoms. The molecule has 1 atom stereocenters. The second kappa shape index (κ2) is 10.3. The number of carbonyl (C=O) groups is 2. The van der Waals surface area contributed by atoms with Crippen LogP contribution in [0.3, 0.4) is 0 Å². The van der Waals surface area contributed by atoms with Crippen molar-refractivity contribution < 1.29 is 14.0 Å². The summed E-state index contributed by atoms with van der Waals surface area (Å²) < 4.78 is 15.2. The molecule has 3 aromatic rings. The number of amides is 2. The zero-order valence-electron chi connectivity index (χ0n) is 15.5. The molecule has 0 radical (unpaired) electrons. The summed E-state index contributed by atoms with van der Waals surface area (Å²) in [6.07, 6.45) is 0.722. The van der Waals surface area contributed by atoms with Crippen molar-refractivity contribution in [1.29, 1.82) is 0 Å². The van der Waals surface area contributed by atoms with E-state index in [-0.39, 0.29) is 18.2 Å². The van der Waals surface area contributed by atoms with E-state index in [2.05, 4.69) is 26.6 Å². The summed E-state index contributed by atoms with van der Waals surface area (Å²) in [7, 11) is 0. The van der Waals surface area contributed by atoms with Gasteiger partial charge in [-0.1, -0.05) is 58.4 Å². The van der Waals surface area contributed by atoms with Gasteiger partial charge in [-0.25, -0.2) is 4.39 Å². The Kier molecular flexibility index (Phi) is 7.55. The first kappa shape index (κ1) is 21.2. The molecule has 0 aliphatic carbocycles. The maximum Gasteiger partial charge on any atom is 0.261 e. The molecule has 4 nitrogen and oxygen atoms in total. The van der Waals surface area contributed by atoms with Crippen molar-refractivity contribution in [2.24, 2.45) is 0 Å². The van der Waals surface area contributed by atoms with Gasteiger partial charge < -0.3 is 10.6 Å². The van der Waals surface area contributed by atoms with Gasteiger partial charge in [-0.2, -0.15) is 0 Å². The number of rotatable bonds is 8. The SMILES string of the molecule is O=C(CCCNC(=O)c1cccs1)NC(c1ccccc1)c1ccc(Br)cc1F. The summed E-state index contributed by atoms with van der Waals surface area (Å²) in [4.78, 5) is 25.1. The summed E-state index contributed by atoms with van der Waals surface area (Å²) >= 11 is 4.63. The van der Waals surface area contributed by atoms with Gasteiger partial charge in [0.1, 0.15) is 5.82 Å². The lowest BCUT2D eigenvalue weighted by Gasteiger charge is -2.20. The molecule has 0 saturated heterocycles. The maximum atomic E-state index is 14.5. The highest BCUT2D eigenvalue weighted by molar-refractivity contribution is 9.10. The molecular weight excluding hydrogens is 455 g/mol. The van der Waals surface area contributed by atoms with Crippen LogP contribution in [0.15, 0.2) is 70.5 Å². The Morgan fingerprint density at radius 2 is 1.86 bits per heavy atom. The summed E-state index contributed by atoms with van der Waals surface area (Å²) in [5.41, 5.74) is 1.20. The number of nitrogens with one attached hydrogen (secondary N) is 2. The number of hydrogen-bond donors (Lipinski definition) is 2. The van der Waals surface area contributed by atoms with Crippen LogP contribution in [0.2, 0.25) is 0 Å². The van der Waals surface area contributed by atoms with Crippen molar-refractivity contribution in [3.63, 3.8) is 0 Å². The predicted octanol–water partition coefficient (Wildman–Crippen LogP) is 5.07. The summed E-state index contributed by atoms with van der Waals surface area (Å²) in [5, 5.41) is 7.56. The second-order valence-corrected chi connectivity index (χ2v) is 8.28. The molecular formula is C22H20BrFN2O2S. The molecule has 0 aliphatic rings. The first-order valence-electron chi connectivity index (χ1n) is 9.15. The molecule has 0 aliphatic heterocycles. The van der Waals surface area contributed by atoms with Crippen LogP contribution in [0, 0.1) is 5.82 Å². The largest absolute Gasteiger partial charge is 0.351 e. The minimum Gasteiger partial charge on any atom is -0.351 e. The maximum absolute atomic E-state index is 14.5. The van der Waals surface area contributed by atoms with Crippen molar-refractivity contribution in [3.05, 3.63) is 92.3 Å². The van der Waals surface area contributed by atoms with E-state index < -0.39 is 11.9 Å². The van der Waals surface area contributed by atoms with Gasteiger partial charge in [0.05, 0.1) is 10.9 Å². The van der Waals surface area contributed by atoms with Crippen molar-refractivity contribution in [2.45, 2.75) is 18.9 Å². The average molecular weight is 475 g/mol. The van der Waals surface area contributed by atoms with E-state index in [9.17, 15) is 14.0 Å². The number of carbonyl (C=O) groups excluding carboxylic acids is 2. The van der Waals surface area contributed by atoms with E-state index in [4.69, 9.17) is 0 Å². The van der Waals surface area contributed by atoms with Gasteiger partial charge in [0.25, 0.3) is 5.91 Å². The molecule has 7 heteroatoms. The third-order valence-corrected chi connectivity index (χ3v) is 5.68. The molecule has 0 saturated carbocycles. The number of benzene rings is 2. The van der Waals surface area contributed by atoms with E-state index in [1.165, 1.54) is 17.4 Å². The molecule has 1 unspecified atom stereocenters. The Labute approximate surface area is 181 Å². The zero-order valence-corrected chi connectivity index (χ0v) is 17.9. The summed E-state index contributed by atoms with van der Waals surface area (Å²) in [6, 6.07) is 17.1. The smallest absolute Gasteiger partial charge is 0.261 e. The van der Waals surface area contributed by atoms with Crippen LogP contribution in [-0.2, 0) is 4.79 Å². The highest BCUT2D eigenvalue weighted by Gasteiger charge is 2.20. The molecule has 2 amide bonds. The normalized spacial score (nSPS) is 11.7. The van der Waals surface area contributed by atoms with Gasteiger partial charge in [0, 0.05) is 23.0 Å². The molecule has 2 N–H and O–H groups in total. The summed E-state index contributed by atoms with van der Waals surface area (Å²) in [5.74, 6) is -0.734. The summed E-state index contributed by atoms with van der Waals surface area (Å²) in [6.45, 7) is 0.396. The molecule has 1 heterocycles. The lowest BCUT2D eigenvalue weighted by molar-refractivity contribution is -0.121. The van der Waals surface area contributed by atoms with Gasteiger partial charge in [-0.15, -0.1) is 11.3 Å². The predicted molar refractivity (Wildman–Crippen MR) is 116 cm³/mol. The minimum atomic E-state index is -0.586. The van der Waals surface area contributed by atoms with Crippen LogP contribution >= 0.6 is 27.3 Å². The third kappa shape index (κ3) is 5.98. The lowest BCUT2D eigenvalue weighted by atomic mass is 9.98. The fourth-order valence-corrected chi connectivity index (χ4v) is 3.87. The number of hydrogen-bond acceptors (Lipinski definition) is 3. The van der Waals surface area contributed by atoms with E-state index >= 15 is 0 Å².